The summed E-state index contributed by atoms with van der Waals surface area (Å²) in [5, 5.41) is 11.2. The number of carbonyl (C=O) groups is 2. The van der Waals surface area contributed by atoms with Crippen molar-refractivity contribution in [1.82, 2.24) is 5.32 Å². The second kappa shape index (κ2) is 8.72. The van der Waals surface area contributed by atoms with E-state index < -0.39 is 0 Å². The molecule has 1 unspecified atom stereocenters. The van der Waals surface area contributed by atoms with E-state index in [4.69, 9.17) is 5.11 Å². The minimum absolute atomic E-state index is 0.0636. The predicted molar refractivity (Wildman–Crippen MR) is 76.2 cm³/mol. The smallest absolute Gasteiger partial charge is 0.233 e. The third-order valence-corrected chi connectivity index (χ3v) is 3.97. The predicted octanol–water partition coefficient (Wildman–Crippen LogP) is 1.41. The Morgan fingerprint density at radius 1 is 1.42 bits per heavy atom. The van der Waals surface area contributed by atoms with Gasteiger partial charge in [0.1, 0.15) is 6.29 Å². The highest BCUT2D eigenvalue weighted by atomic mass is 32.2. The highest BCUT2D eigenvalue weighted by Gasteiger charge is 2.18. The fourth-order valence-corrected chi connectivity index (χ4v) is 2.75. The largest absolute Gasteiger partial charge is 0.396 e. The van der Waals surface area contributed by atoms with Gasteiger partial charge in [-0.3, -0.25) is 4.79 Å². The molecule has 0 saturated heterocycles. The van der Waals surface area contributed by atoms with Crippen LogP contribution in [0.2, 0.25) is 0 Å². The van der Waals surface area contributed by atoms with E-state index in [9.17, 15) is 9.59 Å². The molecular weight excluding hydrogens is 262 g/mol. The molecule has 0 heterocycles. The highest BCUT2D eigenvalue weighted by Crippen LogP contribution is 2.26. The summed E-state index contributed by atoms with van der Waals surface area (Å²) < 4.78 is 0. The van der Waals surface area contributed by atoms with Gasteiger partial charge in [-0.2, -0.15) is 0 Å². The monoisotopic (exact) mass is 281 g/mol. The van der Waals surface area contributed by atoms with Gasteiger partial charge in [0.25, 0.3) is 0 Å². The number of benzene rings is 1. The molecule has 0 radical (unpaired) electrons. The van der Waals surface area contributed by atoms with Gasteiger partial charge in [0.15, 0.2) is 0 Å². The number of aliphatic hydroxyl groups excluding tert-OH is 1. The summed E-state index contributed by atoms with van der Waals surface area (Å²) >= 11 is 1.45. The van der Waals surface area contributed by atoms with Crippen molar-refractivity contribution >= 4 is 24.0 Å². The summed E-state index contributed by atoms with van der Waals surface area (Å²) in [6, 6.07) is 7.76. The molecule has 4 nitrogen and oxygen atoms in total. The van der Waals surface area contributed by atoms with E-state index >= 15 is 0 Å². The zero-order valence-corrected chi connectivity index (χ0v) is 11.8. The molecule has 0 spiro atoms. The normalized spacial score (nSPS) is 11.9. The van der Waals surface area contributed by atoms with Crippen LogP contribution in [-0.4, -0.2) is 36.2 Å². The van der Waals surface area contributed by atoms with Crippen molar-refractivity contribution < 1.29 is 14.7 Å². The standard InChI is InChI=1S/C14H19NO3S/c1-15-14(18)13(3-2-9-16)19-12-6-4-11(5-7-12)8-10-17/h4-7,9,13,17H,2-3,8,10H2,1H3,(H,15,18). The van der Waals surface area contributed by atoms with Crippen molar-refractivity contribution in [3.8, 4) is 0 Å². The third-order valence-electron chi connectivity index (χ3n) is 2.69. The zero-order valence-electron chi connectivity index (χ0n) is 11.0. The molecule has 0 aliphatic rings. The lowest BCUT2D eigenvalue weighted by Gasteiger charge is -2.14. The van der Waals surface area contributed by atoms with Crippen LogP contribution in [0.1, 0.15) is 18.4 Å². The molecule has 0 bridgehead atoms. The second-order valence-corrected chi connectivity index (χ2v) is 5.36. The highest BCUT2D eigenvalue weighted by molar-refractivity contribution is 8.00. The van der Waals surface area contributed by atoms with E-state index in [0.29, 0.717) is 19.3 Å². The number of carbonyl (C=O) groups excluding carboxylic acids is 2. The van der Waals surface area contributed by atoms with Crippen molar-refractivity contribution in [2.75, 3.05) is 13.7 Å². The zero-order chi connectivity index (χ0) is 14.1. The topological polar surface area (TPSA) is 66.4 Å². The summed E-state index contributed by atoms with van der Waals surface area (Å²) in [6.45, 7) is 0.132. The number of rotatable bonds is 8. The van der Waals surface area contributed by atoms with Gasteiger partial charge in [0.05, 0.1) is 5.25 Å². The van der Waals surface area contributed by atoms with E-state index in [-0.39, 0.29) is 17.8 Å². The lowest BCUT2D eigenvalue weighted by atomic mass is 10.2. The van der Waals surface area contributed by atoms with E-state index in [2.05, 4.69) is 5.32 Å². The first-order valence-corrected chi connectivity index (χ1v) is 7.11. The van der Waals surface area contributed by atoms with Crippen LogP contribution < -0.4 is 5.32 Å². The lowest BCUT2D eigenvalue weighted by molar-refractivity contribution is -0.120. The van der Waals surface area contributed by atoms with Crippen molar-refractivity contribution in [1.29, 1.82) is 0 Å². The molecule has 19 heavy (non-hydrogen) atoms. The molecule has 1 amide bonds. The molecule has 0 fully saturated rings. The summed E-state index contributed by atoms with van der Waals surface area (Å²) in [7, 11) is 1.60. The van der Waals surface area contributed by atoms with Crippen LogP contribution in [-0.2, 0) is 16.0 Å². The number of hydrogen-bond acceptors (Lipinski definition) is 4. The summed E-state index contributed by atoms with van der Waals surface area (Å²) in [4.78, 5) is 23.1. The summed E-state index contributed by atoms with van der Waals surface area (Å²) in [5.41, 5.74) is 1.07. The molecule has 5 heteroatoms. The quantitative estimate of drug-likeness (QED) is 0.558. The lowest BCUT2D eigenvalue weighted by Crippen LogP contribution is -2.29. The van der Waals surface area contributed by atoms with Crippen molar-refractivity contribution in [2.24, 2.45) is 0 Å². The van der Waals surface area contributed by atoms with Crippen LogP contribution in [0.25, 0.3) is 0 Å². The third kappa shape index (κ3) is 5.44. The van der Waals surface area contributed by atoms with Crippen molar-refractivity contribution in [3.63, 3.8) is 0 Å². The molecule has 0 aliphatic heterocycles. The van der Waals surface area contributed by atoms with Gasteiger partial charge in [-0.05, 0) is 30.5 Å². The Bertz CT molecular complexity index is 406. The van der Waals surface area contributed by atoms with Gasteiger partial charge < -0.3 is 15.2 Å². The van der Waals surface area contributed by atoms with Crippen LogP contribution in [0.3, 0.4) is 0 Å². The Morgan fingerprint density at radius 2 is 2.11 bits per heavy atom. The van der Waals surface area contributed by atoms with E-state index in [1.54, 1.807) is 7.05 Å². The van der Waals surface area contributed by atoms with Gasteiger partial charge in [0.2, 0.25) is 5.91 Å². The number of nitrogens with one attached hydrogen (secondary N) is 1. The fraction of sp³-hybridized carbons (Fsp3) is 0.429. The van der Waals surface area contributed by atoms with Crippen molar-refractivity contribution in [3.05, 3.63) is 29.8 Å². The number of amides is 1. The maximum absolute atomic E-state index is 11.7. The Balaban J connectivity index is 2.66. The van der Waals surface area contributed by atoms with Crippen LogP contribution in [0, 0.1) is 0 Å². The Labute approximate surface area is 117 Å². The van der Waals surface area contributed by atoms with E-state index in [1.807, 2.05) is 24.3 Å². The van der Waals surface area contributed by atoms with Gasteiger partial charge in [-0.1, -0.05) is 12.1 Å². The Hall–Kier alpha value is -1.33. The number of aliphatic hydroxyl groups is 1. The first-order chi connectivity index (χ1) is 9.21. The molecule has 1 atom stereocenters. The van der Waals surface area contributed by atoms with Crippen LogP contribution in [0.15, 0.2) is 29.2 Å². The number of hydrogen-bond donors (Lipinski definition) is 2. The number of aldehydes is 1. The SMILES string of the molecule is CNC(=O)C(CCC=O)Sc1ccc(CCO)cc1. The fourth-order valence-electron chi connectivity index (χ4n) is 1.65. The molecule has 1 aromatic carbocycles. The van der Waals surface area contributed by atoms with Gasteiger partial charge in [-0.15, -0.1) is 11.8 Å². The molecule has 1 aromatic rings. The Morgan fingerprint density at radius 3 is 2.63 bits per heavy atom. The average molecular weight is 281 g/mol. The molecule has 0 saturated carbocycles. The van der Waals surface area contributed by atoms with Crippen molar-refractivity contribution in [2.45, 2.75) is 29.4 Å². The molecule has 104 valence electrons. The van der Waals surface area contributed by atoms with E-state index in [1.165, 1.54) is 11.8 Å². The molecule has 1 rings (SSSR count). The van der Waals surface area contributed by atoms with Crippen LogP contribution in [0.5, 0.6) is 0 Å². The summed E-state index contributed by atoms with van der Waals surface area (Å²) in [5.74, 6) is -0.0636. The molecule has 0 aliphatic carbocycles. The van der Waals surface area contributed by atoms with E-state index in [0.717, 1.165) is 16.7 Å². The average Bonchev–Trinajstić information content (AvgIpc) is 2.44. The first kappa shape index (κ1) is 15.7. The molecular formula is C14H19NO3S. The summed E-state index contributed by atoms with van der Waals surface area (Å²) in [6.07, 6.45) is 2.38. The minimum Gasteiger partial charge on any atom is -0.396 e. The van der Waals surface area contributed by atoms with Crippen LogP contribution in [0.4, 0.5) is 0 Å². The van der Waals surface area contributed by atoms with Crippen LogP contribution >= 0.6 is 11.8 Å². The maximum Gasteiger partial charge on any atom is 0.233 e. The van der Waals surface area contributed by atoms with Gasteiger partial charge in [-0.25, -0.2) is 0 Å². The second-order valence-electron chi connectivity index (χ2n) is 4.08. The maximum atomic E-state index is 11.7. The Kier molecular flexibility index (Phi) is 7.22. The molecule has 2 N–H and O–H groups in total. The first-order valence-electron chi connectivity index (χ1n) is 6.23. The number of thioether (sulfide) groups is 1. The van der Waals surface area contributed by atoms with Gasteiger partial charge in [0, 0.05) is 25.0 Å². The van der Waals surface area contributed by atoms with Gasteiger partial charge >= 0.3 is 0 Å². The molecule has 0 aromatic heterocycles. The minimum atomic E-state index is -0.251.